The molecule has 3 N–H and O–H groups in total. The van der Waals surface area contributed by atoms with Crippen molar-refractivity contribution in [3.05, 3.63) is 94.6 Å². The number of fused-ring (bicyclic) bond motifs is 1. The molecule has 0 unspecified atom stereocenters. The molecule has 0 saturated carbocycles. The first-order valence-corrected chi connectivity index (χ1v) is 11.7. The number of nitrogens with zero attached hydrogens (tertiary/aromatic N) is 1. The summed E-state index contributed by atoms with van der Waals surface area (Å²) in [6.45, 7) is 0. The number of benzene rings is 3. The molecule has 5 rings (SSSR count). The molecule has 0 saturated heterocycles. The second-order valence-corrected chi connectivity index (χ2v) is 8.87. The summed E-state index contributed by atoms with van der Waals surface area (Å²) in [5, 5.41) is 22.5. The third kappa shape index (κ3) is 4.77. The number of carboxylic acid groups (broad SMARTS) is 1. The van der Waals surface area contributed by atoms with Gasteiger partial charge < -0.3 is 20.3 Å². The van der Waals surface area contributed by atoms with Crippen molar-refractivity contribution < 1.29 is 24.5 Å². The lowest BCUT2D eigenvalue weighted by molar-refractivity contribution is -0.136. The molecule has 0 fully saturated rings. The summed E-state index contributed by atoms with van der Waals surface area (Å²) in [4.78, 5) is 28.8. The van der Waals surface area contributed by atoms with E-state index in [-0.39, 0.29) is 18.1 Å². The van der Waals surface area contributed by atoms with Gasteiger partial charge in [0.2, 0.25) is 0 Å². The van der Waals surface area contributed by atoms with Crippen LogP contribution in [0, 0.1) is 0 Å². The van der Waals surface area contributed by atoms with Crippen LogP contribution in [0.1, 0.15) is 16.8 Å². The van der Waals surface area contributed by atoms with Crippen molar-refractivity contribution in [2.75, 3.05) is 12.4 Å². The number of carboxylic acids is 1. The van der Waals surface area contributed by atoms with Crippen molar-refractivity contribution in [3.8, 4) is 33.9 Å². The molecule has 4 aromatic rings. The molecule has 0 radical (unpaired) electrons. The van der Waals surface area contributed by atoms with Gasteiger partial charge >= 0.3 is 5.97 Å². The minimum absolute atomic E-state index is 0.188. The average Bonchev–Trinajstić information content (AvgIpc) is 3.17. The molecule has 0 atom stereocenters. The number of aromatic hydroxyl groups is 1. The van der Waals surface area contributed by atoms with E-state index in [0.717, 1.165) is 11.1 Å². The monoisotopic (exact) mass is 512 g/mol. The molecular formula is C29H21ClN2O5. The Bertz CT molecular complexity index is 1580. The van der Waals surface area contributed by atoms with E-state index in [4.69, 9.17) is 21.3 Å². The highest BCUT2D eigenvalue weighted by molar-refractivity contribution is 6.37. The molecule has 1 aliphatic rings. The molecule has 0 spiro atoms. The molecule has 184 valence electrons. The Morgan fingerprint density at radius 3 is 2.46 bits per heavy atom. The number of hydrogen-bond acceptors (Lipinski definition) is 5. The van der Waals surface area contributed by atoms with Crippen LogP contribution in [-0.4, -0.2) is 34.2 Å². The number of amides is 1. The van der Waals surface area contributed by atoms with E-state index in [9.17, 15) is 19.8 Å². The van der Waals surface area contributed by atoms with E-state index in [0.29, 0.717) is 50.1 Å². The fourth-order valence-electron chi connectivity index (χ4n) is 4.30. The van der Waals surface area contributed by atoms with Gasteiger partial charge in [0.1, 0.15) is 17.2 Å². The number of aliphatic carboxylic acids is 1. The average molecular weight is 513 g/mol. The summed E-state index contributed by atoms with van der Waals surface area (Å²) in [6.07, 6.45) is 1.45. The normalized spacial score (nSPS) is 13.4. The van der Waals surface area contributed by atoms with Crippen molar-refractivity contribution in [2.45, 2.75) is 6.42 Å². The topological polar surface area (TPSA) is 109 Å². The number of ether oxygens (including phenoxy) is 1. The van der Waals surface area contributed by atoms with Crippen molar-refractivity contribution in [3.63, 3.8) is 0 Å². The first-order chi connectivity index (χ1) is 17.8. The number of para-hydroxylation sites is 1. The highest BCUT2D eigenvalue weighted by atomic mass is 35.5. The molecule has 37 heavy (non-hydrogen) atoms. The number of nitrogens with one attached hydrogen (secondary N) is 1. The molecule has 1 amide bonds. The van der Waals surface area contributed by atoms with Crippen LogP contribution in [0.25, 0.3) is 34.0 Å². The predicted octanol–water partition coefficient (Wildman–Crippen LogP) is 5.90. The van der Waals surface area contributed by atoms with E-state index in [1.807, 2.05) is 36.4 Å². The second-order valence-electron chi connectivity index (χ2n) is 8.46. The molecular weight excluding hydrogens is 492 g/mol. The van der Waals surface area contributed by atoms with Crippen LogP contribution in [0.15, 0.2) is 72.8 Å². The van der Waals surface area contributed by atoms with Crippen LogP contribution in [0.5, 0.6) is 11.5 Å². The number of hydrogen-bond donors (Lipinski definition) is 3. The number of phenolic OH excluding ortho intramolecular Hbond substituents is 1. The van der Waals surface area contributed by atoms with Gasteiger partial charge in [-0.2, -0.15) is 0 Å². The van der Waals surface area contributed by atoms with Gasteiger partial charge in [0, 0.05) is 16.7 Å². The summed E-state index contributed by atoms with van der Waals surface area (Å²) < 4.78 is 5.27. The largest absolute Gasteiger partial charge is 0.507 e. The number of pyridine rings is 1. The third-order valence-electron chi connectivity index (χ3n) is 6.05. The maximum atomic E-state index is 12.8. The maximum absolute atomic E-state index is 12.8. The Hall–Kier alpha value is -4.62. The maximum Gasteiger partial charge on any atom is 0.307 e. The Morgan fingerprint density at radius 2 is 1.76 bits per heavy atom. The molecule has 0 bridgehead atoms. The van der Waals surface area contributed by atoms with Gasteiger partial charge in [-0.15, -0.1) is 0 Å². The van der Waals surface area contributed by atoms with E-state index in [1.165, 1.54) is 7.11 Å². The van der Waals surface area contributed by atoms with Crippen LogP contribution < -0.4 is 10.1 Å². The number of methoxy groups -OCH3 is 1. The van der Waals surface area contributed by atoms with Crippen molar-refractivity contribution in [2.24, 2.45) is 0 Å². The van der Waals surface area contributed by atoms with Gasteiger partial charge in [0.25, 0.3) is 5.91 Å². The van der Waals surface area contributed by atoms with Crippen LogP contribution in [-0.2, 0) is 16.0 Å². The number of halogens is 1. The molecule has 0 aliphatic carbocycles. The zero-order valence-corrected chi connectivity index (χ0v) is 20.4. The van der Waals surface area contributed by atoms with E-state index >= 15 is 0 Å². The number of rotatable bonds is 6. The lowest BCUT2D eigenvalue weighted by Crippen LogP contribution is -2.04. The summed E-state index contributed by atoms with van der Waals surface area (Å²) >= 11 is 6.54. The summed E-state index contributed by atoms with van der Waals surface area (Å²) in [5.41, 5.74) is 5.23. The lowest BCUT2D eigenvalue weighted by atomic mass is 10.0. The highest BCUT2D eigenvalue weighted by Gasteiger charge is 2.28. The fourth-order valence-corrected chi connectivity index (χ4v) is 4.56. The number of aromatic nitrogens is 1. The molecule has 7 nitrogen and oxygen atoms in total. The van der Waals surface area contributed by atoms with Gasteiger partial charge in [0.05, 0.1) is 35.5 Å². The molecule has 1 aliphatic heterocycles. The molecule has 3 aromatic carbocycles. The van der Waals surface area contributed by atoms with Crippen molar-refractivity contribution in [1.82, 2.24) is 4.98 Å². The smallest absolute Gasteiger partial charge is 0.307 e. The third-order valence-corrected chi connectivity index (χ3v) is 6.34. The predicted molar refractivity (Wildman–Crippen MR) is 143 cm³/mol. The van der Waals surface area contributed by atoms with Gasteiger partial charge in [0.15, 0.2) is 0 Å². The number of carbonyl (C=O) groups excluding carboxylic acids is 1. The first-order valence-electron chi connectivity index (χ1n) is 11.4. The van der Waals surface area contributed by atoms with Crippen LogP contribution in [0.3, 0.4) is 0 Å². The van der Waals surface area contributed by atoms with Crippen LogP contribution in [0.4, 0.5) is 5.69 Å². The van der Waals surface area contributed by atoms with Gasteiger partial charge in [-0.3, -0.25) is 9.59 Å². The van der Waals surface area contributed by atoms with E-state index < -0.39 is 5.97 Å². The SMILES string of the molecule is COc1ccc(C=C2C(=O)Nc3cc(Cl)c(-c4ccc(-c5ccccc5O)cc4)nc32)cc1CC(=O)O. The van der Waals surface area contributed by atoms with Crippen LogP contribution >= 0.6 is 11.6 Å². The zero-order valence-electron chi connectivity index (χ0n) is 19.7. The van der Waals surface area contributed by atoms with E-state index in [2.05, 4.69) is 5.32 Å². The second kappa shape index (κ2) is 9.79. The Balaban J connectivity index is 1.53. The van der Waals surface area contributed by atoms with Crippen molar-refractivity contribution in [1.29, 1.82) is 0 Å². The Labute approximate surface area is 217 Å². The number of carbonyl (C=O) groups is 2. The fraction of sp³-hybridized carbons (Fsp3) is 0.0690. The zero-order chi connectivity index (χ0) is 26.1. The van der Waals surface area contributed by atoms with Gasteiger partial charge in [-0.1, -0.05) is 60.1 Å². The highest BCUT2D eigenvalue weighted by Crippen LogP contribution is 2.39. The van der Waals surface area contributed by atoms with Gasteiger partial charge in [-0.25, -0.2) is 4.98 Å². The number of phenols is 1. The van der Waals surface area contributed by atoms with E-state index in [1.54, 1.807) is 42.5 Å². The summed E-state index contributed by atoms with van der Waals surface area (Å²) in [6, 6.07) is 21.3. The minimum Gasteiger partial charge on any atom is -0.507 e. The standard InChI is InChI=1S/C29H21ClN2O5/c1-37-25-11-6-16(12-19(25)14-26(34)35)13-21-28-23(31-29(21)36)15-22(30)27(32-28)18-9-7-17(8-10-18)20-4-2-3-5-24(20)33/h2-13,15,33H,14H2,1H3,(H,31,36)(H,34,35). The molecule has 2 heterocycles. The first kappa shape index (κ1) is 24.1. The van der Waals surface area contributed by atoms with Crippen LogP contribution in [0.2, 0.25) is 5.02 Å². The number of anilines is 1. The Morgan fingerprint density at radius 1 is 1.03 bits per heavy atom. The van der Waals surface area contributed by atoms with Crippen molar-refractivity contribution >= 4 is 40.8 Å². The molecule has 1 aromatic heterocycles. The Kier molecular flexibility index (Phi) is 6.38. The minimum atomic E-state index is -0.985. The lowest BCUT2D eigenvalue weighted by Gasteiger charge is -2.10. The summed E-state index contributed by atoms with van der Waals surface area (Å²) in [5.74, 6) is -0.670. The van der Waals surface area contributed by atoms with Gasteiger partial charge in [-0.05, 0) is 41.5 Å². The summed E-state index contributed by atoms with van der Waals surface area (Å²) in [7, 11) is 1.48. The quantitative estimate of drug-likeness (QED) is 0.277. The molecule has 8 heteroatoms.